The molecule has 0 bridgehead atoms. The van der Waals surface area contributed by atoms with Crippen LogP contribution in [-0.2, 0) is 20.9 Å². The van der Waals surface area contributed by atoms with Crippen molar-refractivity contribution in [3.63, 3.8) is 0 Å². The second-order valence-electron chi connectivity index (χ2n) is 5.61. The van der Waals surface area contributed by atoms with E-state index < -0.39 is 16.8 Å². The molecule has 3 aromatic rings. The summed E-state index contributed by atoms with van der Waals surface area (Å²) in [6.07, 6.45) is 0. The van der Waals surface area contributed by atoms with Gasteiger partial charge >= 0.3 is 16.9 Å². The Hall–Kier alpha value is -3.26. The van der Waals surface area contributed by atoms with Crippen molar-refractivity contribution in [3.05, 3.63) is 70.3 Å². The highest BCUT2D eigenvalue weighted by Crippen LogP contribution is 2.44. The van der Waals surface area contributed by atoms with Crippen LogP contribution in [0.4, 0.5) is 10.7 Å². The summed E-state index contributed by atoms with van der Waals surface area (Å²) in [5, 5.41) is 12.0. The van der Waals surface area contributed by atoms with Crippen LogP contribution in [0.1, 0.15) is 12.5 Å². The van der Waals surface area contributed by atoms with Gasteiger partial charge in [-0.15, -0.1) is 0 Å². The number of benzene rings is 2. The Bertz CT molecular complexity index is 1000. The predicted octanol–water partition coefficient (Wildman–Crippen LogP) is 3.91. The molecule has 0 saturated heterocycles. The second-order valence-corrected chi connectivity index (χ2v) is 6.64. The largest absolute Gasteiger partial charge is 0.459 e. The van der Waals surface area contributed by atoms with Gasteiger partial charge < -0.3 is 4.74 Å². The molecule has 0 atom stereocenters. The fourth-order valence-corrected chi connectivity index (χ4v) is 3.75. The maximum Gasteiger partial charge on any atom is 0.397 e. The van der Waals surface area contributed by atoms with Gasteiger partial charge in [-0.2, -0.15) is 0 Å². The number of carbonyl (C=O) groups excluding carboxylic acids is 2. The molecule has 0 N–H and O–H groups in total. The van der Waals surface area contributed by atoms with E-state index in [0.29, 0.717) is 10.1 Å². The van der Waals surface area contributed by atoms with E-state index in [-0.39, 0.29) is 23.8 Å². The summed E-state index contributed by atoms with van der Waals surface area (Å²) in [7, 11) is 0. The Kier molecular flexibility index (Phi) is 5.46. The third kappa shape index (κ3) is 3.80. The van der Waals surface area contributed by atoms with E-state index >= 15 is 0 Å². The summed E-state index contributed by atoms with van der Waals surface area (Å²) in [4.78, 5) is 37.1. The number of ether oxygens (including phenoxy) is 1. The fraction of sp³-hybridized carbons (Fsp3) is 0.158. The van der Waals surface area contributed by atoms with Gasteiger partial charge in [-0.1, -0.05) is 59.9 Å². The van der Waals surface area contributed by atoms with Crippen molar-refractivity contribution in [1.82, 2.24) is 0 Å². The topological polar surface area (TPSA) is 89.8 Å². The molecule has 0 aliphatic carbocycles. The molecule has 0 unspecified atom stereocenters. The minimum Gasteiger partial charge on any atom is -0.459 e. The molecule has 2 aromatic carbocycles. The molecule has 1 aromatic heterocycles. The number of nitrogens with zero attached hydrogens (tertiary/aromatic N) is 2. The zero-order valence-electron chi connectivity index (χ0n) is 14.5. The lowest BCUT2D eigenvalue weighted by Crippen LogP contribution is -2.37. The predicted molar refractivity (Wildman–Crippen MR) is 103 cm³/mol. The van der Waals surface area contributed by atoms with Crippen LogP contribution < -0.4 is 4.90 Å². The van der Waals surface area contributed by atoms with Crippen LogP contribution in [0.2, 0.25) is 0 Å². The van der Waals surface area contributed by atoms with Gasteiger partial charge in [0.1, 0.15) is 5.69 Å². The number of amides is 1. The standard InChI is InChI=1S/C19H16N2O5S/c1-2-26-19(23)17(22)20(12-13-8-4-3-5-9-13)16-14-10-6-7-11-15(14)27-18(16)21(24)25/h3-11H,2,12H2,1H3. The van der Waals surface area contributed by atoms with Crippen LogP contribution in [-0.4, -0.2) is 23.4 Å². The van der Waals surface area contributed by atoms with Crippen molar-refractivity contribution in [1.29, 1.82) is 0 Å². The van der Waals surface area contributed by atoms with Gasteiger partial charge in [-0.05, 0) is 18.6 Å². The molecular weight excluding hydrogens is 368 g/mol. The van der Waals surface area contributed by atoms with E-state index in [1.807, 2.05) is 6.07 Å². The summed E-state index contributed by atoms with van der Waals surface area (Å²) in [5.41, 5.74) is 0.849. The quantitative estimate of drug-likeness (QED) is 0.288. The van der Waals surface area contributed by atoms with Gasteiger partial charge in [0.25, 0.3) is 0 Å². The Balaban J connectivity index is 2.16. The highest BCUT2D eigenvalue weighted by molar-refractivity contribution is 7.23. The van der Waals surface area contributed by atoms with Gasteiger partial charge in [0.15, 0.2) is 0 Å². The number of carbonyl (C=O) groups is 2. The number of rotatable bonds is 5. The van der Waals surface area contributed by atoms with Crippen LogP contribution in [0.15, 0.2) is 54.6 Å². The smallest absolute Gasteiger partial charge is 0.397 e. The summed E-state index contributed by atoms with van der Waals surface area (Å²) in [6, 6.07) is 15.9. The highest BCUT2D eigenvalue weighted by Gasteiger charge is 2.33. The van der Waals surface area contributed by atoms with E-state index in [0.717, 1.165) is 21.8 Å². The van der Waals surface area contributed by atoms with Crippen LogP contribution in [0, 0.1) is 10.1 Å². The summed E-state index contributed by atoms with van der Waals surface area (Å²) in [5.74, 6) is -1.98. The average Bonchev–Trinajstić information content (AvgIpc) is 3.06. The van der Waals surface area contributed by atoms with Crippen LogP contribution in [0.3, 0.4) is 0 Å². The number of thiophene rings is 1. The molecule has 7 nitrogen and oxygen atoms in total. The lowest BCUT2D eigenvalue weighted by molar-refractivity contribution is -0.379. The third-order valence-corrected chi connectivity index (χ3v) is 4.98. The minimum atomic E-state index is -1.04. The number of hydrogen-bond donors (Lipinski definition) is 0. The Morgan fingerprint density at radius 1 is 1.11 bits per heavy atom. The zero-order chi connectivity index (χ0) is 19.4. The Morgan fingerprint density at radius 2 is 1.78 bits per heavy atom. The maximum absolute atomic E-state index is 12.8. The third-order valence-electron chi connectivity index (χ3n) is 3.87. The fourth-order valence-electron chi connectivity index (χ4n) is 2.72. The first kappa shape index (κ1) is 18.5. The summed E-state index contributed by atoms with van der Waals surface area (Å²) >= 11 is 0.968. The molecule has 0 fully saturated rings. The minimum absolute atomic E-state index is 0.0139. The van der Waals surface area contributed by atoms with Crippen molar-refractivity contribution < 1.29 is 19.2 Å². The molecule has 27 heavy (non-hydrogen) atoms. The van der Waals surface area contributed by atoms with Gasteiger partial charge in [-0.25, -0.2) is 4.79 Å². The van der Waals surface area contributed by atoms with Crippen molar-refractivity contribution in [2.75, 3.05) is 11.5 Å². The van der Waals surface area contributed by atoms with E-state index in [1.54, 1.807) is 55.5 Å². The summed E-state index contributed by atoms with van der Waals surface area (Å²) in [6.45, 7) is 1.64. The molecule has 0 aliphatic heterocycles. The molecule has 0 radical (unpaired) electrons. The Labute approximate surface area is 158 Å². The molecule has 0 spiro atoms. The molecule has 0 saturated carbocycles. The highest BCUT2D eigenvalue weighted by atomic mass is 32.1. The second kappa shape index (κ2) is 7.96. The lowest BCUT2D eigenvalue weighted by atomic mass is 10.1. The SMILES string of the molecule is CCOC(=O)C(=O)N(Cc1ccccc1)c1c([N+](=O)[O-])sc2ccccc12. The number of esters is 1. The van der Waals surface area contributed by atoms with Crippen LogP contribution in [0.5, 0.6) is 0 Å². The van der Waals surface area contributed by atoms with E-state index in [9.17, 15) is 19.7 Å². The monoisotopic (exact) mass is 384 g/mol. The van der Waals surface area contributed by atoms with Crippen LogP contribution in [0.25, 0.3) is 10.1 Å². The van der Waals surface area contributed by atoms with Gasteiger partial charge in [0.2, 0.25) is 0 Å². The van der Waals surface area contributed by atoms with E-state index in [4.69, 9.17) is 4.74 Å². The average molecular weight is 384 g/mol. The molecule has 0 aliphatic rings. The zero-order valence-corrected chi connectivity index (χ0v) is 15.3. The van der Waals surface area contributed by atoms with E-state index in [2.05, 4.69) is 0 Å². The van der Waals surface area contributed by atoms with E-state index in [1.165, 1.54) is 0 Å². The maximum atomic E-state index is 12.8. The van der Waals surface area contributed by atoms with Crippen molar-refractivity contribution in [2.24, 2.45) is 0 Å². The Morgan fingerprint density at radius 3 is 2.44 bits per heavy atom. The first-order chi connectivity index (χ1) is 13.0. The molecule has 1 amide bonds. The van der Waals surface area contributed by atoms with Crippen molar-refractivity contribution in [2.45, 2.75) is 13.5 Å². The number of hydrogen-bond acceptors (Lipinski definition) is 6. The number of fused-ring (bicyclic) bond motifs is 1. The lowest BCUT2D eigenvalue weighted by Gasteiger charge is -2.21. The van der Waals surface area contributed by atoms with Crippen LogP contribution >= 0.6 is 11.3 Å². The first-order valence-corrected chi connectivity index (χ1v) is 9.03. The van der Waals surface area contributed by atoms with Crippen molar-refractivity contribution >= 4 is 44.0 Å². The normalized spacial score (nSPS) is 10.6. The van der Waals surface area contributed by atoms with Gasteiger partial charge in [0.05, 0.1) is 18.1 Å². The van der Waals surface area contributed by atoms with Crippen molar-refractivity contribution in [3.8, 4) is 0 Å². The molecule has 3 rings (SSSR count). The van der Waals surface area contributed by atoms with Gasteiger partial charge in [0, 0.05) is 10.1 Å². The summed E-state index contributed by atoms with van der Waals surface area (Å²) < 4.78 is 5.50. The number of nitro groups is 1. The molecule has 1 heterocycles. The van der Waals surface area contributed by atoms with Gasteiger partial charge in [-0.3, -0.25) is 19.8 Å². The molecular formula is C19H16N2O5S. The molecule has 8 heteroatoms. The molecule has 138 valence electrons. The number of anilines is 1. The first-order valence-electron chi connectivity index (χ1n) is 8.21.